The summed E-state index contributed by atoms with van der Waals surface area (Å²) in [6.07, 6.45) is -0.992. The molecule has 0 N–H and O–H groups in total. The van der Waals surface area contributed by atoms with Crippen molar-refractivity contribution in [3.63, 3.8) is 0 Å². The molecular weight excluding hydrogens is 386 g/mol. The van der Waals surface area contributed by atoms with E-state index in [9.17, 15) is 14.4 Å². The van der Waals surface area contributed by atoms with Crippen LogP contribution in [0.2, 0.25) is 0 Å². The zero-order chi connectivity index (χ0) is 21.5. The van der Waals surface area contributed by atoms with Gasteiger partial charge in [0.25, 0.3) is 6.10 Å². The number of hydrogen-bond donors (Lipinski definition) is 0. The van der Waals surface area contributed by atoms with Crippen LogP contribution in [0.3, 0.4) is 0 Å². The smallest absolute Gasteiger partial charge is 0.355 e. The molecule has 1 saturated heterocycles. The van der Waals surface area contributed by atoms with E-state index in [4.69, 9.17) is 14.2 Å². The molecule has 1 heterocycles. The average Bonchev–Trinajstić information content (AvgIpc) is 3.19. The Morgan fingerprint density at radius 2 is 1.70 bits per heavy atom. The lowest BCUT2D eigenvalue weighted by Gasteiger charge is -2.18. The fourth-order valence-electron chi connectivity index (χ4n) is 3.23. The van der Waals surface area contributed by atoms with E-state index in [1.54, 1.807) is 19.1 Å². The minimum atomic E-state index is -1.62. The van der Waals surface area contributed by atoms with E-state index in [0.717, 1.165) is 6.54 Å². The third kappa shape index (κ3) is 5.45. The average molecular weight is 411 g/mol. The van der Waals surface area contributed by atoms with Gasteiger partial charge in [-0.1, -0.05) is 18.2 Å². The summed E-state index contributed by atoms with van der Waals surface area (Å²) >= 11 is 0. The fraction of sp³-hybridized carbons (Fsp3) is 0.348. The van der Waals surface area contributed by atoms with Crippen LogP contribution >= 0.6 is 0 Å². The topological polar surface area (TPSA) is 82.1 Å². The van der Waals surface area contributed by atoms with Gasteiger partial charge in [-0.25, -0.2) is 4.79 Å². The Kier molecular flexibility index (Phi) is 7.19. The Morgan fingerprint density at radius 1 is 1.03 bits per heavy atom. The summed E-state index contributed by atoms with van der Waals surface area (Å²) in [5.74, 6) is -1.21. The number of Topliss-reactive ketones (excluding diaryl/α,β-unsaturated/α-hetero) is 1. The van der Waals surface area contributed by atoms with Crippen molar-refractivity contribution in [3.05, 3.63) is 60.2 Å². The van der Waals surface area contributed by atoms with Crippen molar-refractivity contribution >= 4 is 17.7 Å². The van der Waals surface area contributed by atoms with Crippen molar-refractivity contribution in [3.8, 4) is 11.5 Å². The molecule has 0 radical (unpaired) electrons. The number of nitrogens with zero attached hydrogens (tertiary/aromatic N) is 1. The standard InChI is InChI=1S/C23H25NO6/c1-3-28-23(27)21(30-22(26)17-13-14-24(2)15-17)20(25)16-9-11-19(12-10-16)29-18-7-5-4-6-8-18/h4-12,17,21H,3,13-15H2,1-2H3. The predicted octanol–water partition coefficient (Wildman–Crippen LogP) is 3.09. The largest absolute Gasteiger partial charge is 0.463 e. The zero-order valence-electron chi connectivity index (χ0n) is 17.1. The maximum Gasteiger partial charge on any atom is 0.355 e. The van der Waals surface area contributed by atoms with Crippen LogP contribution in [0.25, 0.3) is 0 Å². The van der Waals surface area contributed by atoms with Crippen LogP contribution in [0.15, 0.2) is 54.6 Å². The molecule has 7 nitrogen and oxygen atoms in total. The molecule has 0 aromatic heterocycles. The molecule has 1 fully saturated rings. The molecule has 2 aromatic rings. The molecule has 0 aliphatic carbocycles. The number of esters is 2. The summed E-state index contributed by atoms with van der Waals surface area (Å²) in [6.45, 7) is 3.01. The summed E-state index contributed by atoms with van der Waals surface area (Å²) in [6, 6.07) is 15.5. The maximum absolute atomic E-state index is 12.9. The van der Waals surface area contributed by atoms with E-state index >= 15 is 0 Å². The molecule has 7 heteroatoms. The third-order valence-corrected chi connectivity index (χ3v) is 4.82. The molecule has 2 unspecified atom stereocenters. The minimum absolute atomic E-state index is 0.0795. The first-order chi connectivity index (χ1) is 14.5. The lowest BCUT2D eigenvalue weighted by Crippen LogP contribution is -2.38. The van der Waals surface area contributed by atoms with Crippen LogP contribution < -0.4 is 4.74 Å². The van der Waals surface area contributed by atoms with Gasteiger partial charge >= 0.3 is 11.9 Å². The highest BCUT2D eigenvalue weighted by molar-refractivity contribution is 6.12. The van der Waals surface area contributed by atoms with E-state index < -0.39 is 23.8 Å². The van der Waals surface area contributed by atoms with E-state index in [0.29, 0.717) is 24.5 Å². The Bertz CT molecular complexity index is 880. The van der Waals surface area contributed by atoms with Gasteiger partial charge in [-0.2, -0.15) is 0 Å². The first-order valence-electron chi connectivity index (χ1n) is 9.90. The molecule has 30 heavy (non-hydrogen) atoms. The monoisotopic (exact) mass is 411 g/mol. The van der Waals surface area contributed by atoms with Crippen molar-refractivity contribution in [2.45, 2.75) is 19.4 Å². The van der Waals surface area contributed by atoms with Gasteiger partial charge in [0.1, 0.15) is 11.5 Å². The van der Waals surface area contributed by atoms with Crippen molar-refractivity contribution < 1.29 is 28.6 Å². The van der Waals surface area contributed by atoms with E-state index in [-0.39, 0.29) is 18.1 Å². The molecule has 1 aliphatic rings. The van der Waals surface area contributed by atoms with Crippen LogP contribution in [0.5, 0.6) is 11.5 Å². The third-order valence-electron chi connectivity index (χ3n) is 4.82. The minimum Gasteiger partial charge on any atom is -0.463 e. The molecule has 2 atom stereocenters. The highest BCUT2D eigenvalue weighted by Gasteiger charge is 2.36. The van der Waals surface area contributed by atoms with Gasteiger partial charge in [0.15, 0.2) is 0 Å². The summed E-state index contributed by atoms with van der Waals surface area (Å²) in [5.41, 5.74) is 0.227. The molecule has 0 amide bonds. The first-order valence-corrected chi connectivity index (χ1v) is 9.90. The number of hydrogen-bond acceptors (Lipinski definition) is 7. The van der Waals surface area contributed by atoms with Gasteiger partial charge in [0.2, 0.25) is 5.78 Å². The molecule has 2 aromatic carbocycles. The number of para-hydroxylation sites is 1. The normalized spacial score (nSPS) is 17.2. The number of rotatable bonds is 8. The van der Waals surface area contributed by atoms with Gasteiger partial charge in [-0.3, -0.25) is 9.59 Å². The van der Waals surface area contributed by atoms with Crippen molar-refractivity contribution in [1.82, 2.24) is 4.90 Å². The van der Waals surface area contributed by atoms with Crippen LogP contribution in [0.4, 0.5) is 0 Å². The van der Waals surface area contributed by atoms with Gasteiger partial charge in [-0.05, 0) is 63.3 Å². The molecule has 0 spiro atoms. The fourth-order valence-corrected chi connectivity index (χ4v) is 3.23. The second-order valence-electron chi connectivity index (χ2n) is 7.12. The maximum atomic E-state index is 12.9. The number of carbonyl (C=O) groups is 3. The summed E-state index contributed by atoms with van der Waals surface area (Å²) in [4.78, 5) is 39.7. The second-order valence-corrected chi connectivity index (χ2v) is 7.12. The van der Waals surface area contributed by atoms with Crippen molar-refractivity contribution in [2.75, 3.05) is 26.7 Å². The number of benzene rings is 2. The lowest BCUT2D eigenvalue weighted by atomic mass is 10.1. The van der Waals surface area contributed by atoms with Gasteiger partial charge < -0.3 is 19.1 Å². The first kappa shape index (κ1) is 21.5. The second kappa shape index (κ2) is 10.0. The zero-order valence-corrected chi connectivity index (χ0v) is 17.1. The Balaban J connectivity index is 1.71. The van der Waals surface area contributed by atoms with Gasteiger partial charge in [0, 0.05) is 12.1 Å². The van der Waals surface area contributed by atoms with Crippen molar-refractivity contribution in [1.29, 1.82) is 0 Å². The molecule has 0 bridgehead atoms. The molecular formula is C23H25NO6. The van der Waals surface area contributed by atoms with Crippen molar-refractivity contribution in [2.24, 2.45) is 5.92 Å². The molecule has 1 aliphatic heterocycles. The van der Waals surface area contributed by atoms with Gasteiger partial charge in [0.05, 0.1) is 12.5 Å². The van der Waals surface area contributed by atoms with E-state index in [1.807, 2.05) is 42.3 Å². The van der Waals surface area contributed by atoms with E-state index in [2.05, 4.69) is 0 Å². The summed E-state index contributed by atoms with van der Waals surface area (Å²) < 4.78 is 16.0. The molecule has 3 rings (SSSR count). The number of ketones is 1. The van der Waals surface area contributed by atoms with Gasteiger partial charge in [-0.15, -0.1) is 0 Å². The van der Waals surface area contributed by atoms with Crippen LogP contribution in [-0.4, -0.2) is 55.5 Å². The van der Waals surface area contributed by atoms with E-state index in [1.165, 1.54) is 12.1 Å². The molecule has 158 valence electrons. The quantitative estimate of drug-likeness (QED) is 0.375. The molecule has 0 saturated carbocycles. The number of carbonyl (C=O) groups excluding carboxylic acids is 3. The SMILES string of the molecule is CCOC(=O)C(OC(=O)C1CCN(C)C1)C(=O)c1ccc(Oc2ccccc2)cc1. The highest BCUT2D eigenvalue weighted by Crippen LogP contribution is 2.23. The summed E-state index contributed by atoms with van der Waals surface area (Å²) in [7, 11) is 1.90. The highest BCUT2D eigenvalue weighted by atomic mass is 16.6. The van der Waals surface area contributed by atoms with Crippen LogP contribution in [-0.2, 0) is 19.1 Å². The Morgan fingerprint density at radius 3 is 2.30 bits per heavy atom. The Labute approximate surface area is 175 Å². The summed E-state index contributed by atoms with van der Waals surface area (Å²) in [5, 5.41) is 0. The van der Waals surface area contributed by atoms with Crippen LogP contribution in [0.1, 0.15) is 23.7 Å². The number of likely N-dealkylation sites (tertiary alicyclic amines) is 1. The number of ether oxygens (including phenoxy) is 3. The van der Waals surface area contributed by atoms with Crippen LogP contribution in [0, 0.1) is 5.92 Å². The lowest BCUT2D eigenvalue weighted by molar-refractivity contribution is -0.166. The Hall–Kier alpha value is -3.19. The predicted molar refractivity (Wildman–Crippen MR) is 109 cm³/mol.